The first-order valence-electron chi connectivity index (χ1n) is 10.1. The molecule has 0 radical (unpaired) electrons. The molecule has 4 aromatic rings. The lowest BCUT2D eigenvalue weighted by atomic mass is 9.96. The summed E-state index contributed by atoms with van der Waals surface area (Å²) in [4.78, 5) is 9.55. The molecule has 0 spiro atoms. The van der Waals surface area contributed by atoms with E-state index in [9.17, 15) is 0 Å². The Morgan fingerprint density at radius 3 is 2.57 bits per heavy atom. The van der Waals surface area contributed by atoms with Gasteiger partial charge in [-0.1, -0.05) is 30.3 Å². The number of ether oxygens (including phenoxy) is 2. The van der Waals surface area contributed by atoms with E-state index in [-0.39, 0.29) is 0 Å². The molecule has 0 saturated carbocycles. The minimum atomic E-state index is 0.601. The van der Waals surface area contributed by atoms with Gasteiger partial charge in [0.1, 0.15) is 17.3 Å². The molecule has 5 rings (SSSR count). The second-order valence-electron chi connectivity index (χ2n) is 7.30. The van der Waals surface area contributed by atoms with Gasteiger partial charge in [-0.15, -0.1) is 5.10 Å². The van der Waals surface area contributed by atoms with Crippen molar-refractivity contribution in [2.45, 2.75) is 25.7 Å². The standard InChI is InChI=1S/C23H23N5O2/c1-29-16-12-13-19(20(14-16)30-2)24-22-17-10-6-7-11-18(17)25-23-26-21(27-28(22)23)15-8-4-3-5-9-15/h3-5,8-9,12-14,24H,6-7,10-11H2,1-2H3. The lowest BCUT2D eigenvalue weighted by Gasteiger charge is -2.21. The number of aryl methyl sites for hydroxylation is 1. The van der Waals surface area contributed by atoms with Crippen molar-refractivity contribution < 1.29 is 9.47 Å². The van der Waals surface area contributed by atoms with Crippen LogP contribution in [0.2, 0.25) is 0 Å². The first kappa shape index (κ1) is 18.4. The molecule has 0 aliphatic heterocycles. The number of rotatable bonds is 5. The van der Waals surface area contributed by atoms with Crippen LogP contribution < -0.4 is 14.8 Å². The van der Waals surface area contributed by atoms with Crippen LogP contribution in [0.1, 0.15) is 24.1 Å². The van der Waals surface area contributed by atoms with Crippen LogP contribution >= 0.6 is 0 Å². The molecule has 2 aromatic carbocycles. The largest absolute Gasteiger partial charge is 0.497 e. The molecule has 0 bridgehead atoms. The predicted octanol–water partition coefficient (Wildman–Crippen LogP) is 4.43. The monoisotopic (exact) mass is 401 g/mol. The van der Waals surface area contributed by atoms with E-state index in [2.05, 4.69) is 5.32 Å². The van der Waals surface area contributed by atoms with Crippen molar-refractivity contribution in [3.63, 3.8) is 0 Å². The Bertz CT molecular complexity index is 1200. The van der Waals surface area contributed by atoms with Crippen LogP contribution in [0.3, 0.4) is 0 Å². The Morgan fingerprint density at radius 2 is 1.77 bits per heavy atom. The maximum atomic E-state index is 5.59. The first-order chi connectivity index (χ1) is 14.8. The maximum absolute atomic E-state index is 5.59. The second kappa shape index (κ2) is 7.67. The van der Waals surface area contributed by atoms with Crippen LogP contribution in [0, 0.1) is 0 Å². The van der Waals surface area contributed by atoms with Crippen LogP contribution in [0.5, 0.6) is 11.5 Å². The normalized spacial score (nSPS) is 13.1. The Morgan fingerprint density at radius 1 is 0.933 bits per heavy atom. The molecule has 0 unspecified atom stereocenters. The maximum Gasteiger partial charge on any atom is 0.254 e. The average molecular weight is 401 g/mol. The van der Waals surface area contributed by atoms with E-state index in [0.29, 0.717) is 17.4 Å². The van der Waals surface area contributed by atoms with E-state index in [4.69, 9.17) is 24.5 Å². The summed E-state index contributed by atoms with van der Waals surface area (Å²) in [5.41, 5.74) is 4.09. The highest BCUT2D eigenvalue weighted by Crippen LogP contribution is 2.35. The van der Waals surface area contributed by atoms with E-state index in [1.54, 1.807) is 14.2 Å². The van der Waals surface area contributed by atoms with Gasteiger partial charge in [0.05, 0.1) is 25.6 Å². The first-order valence-corrected chi connectivity index (χ1v) is 10.1. The summed E-state index contributed by atoms with van der Waals surface area (Å²) >= 11 is 0. The highest BCUT2D eigenvalue weighted by atomic mass is 16.5. The third-order valence-electron chi connectivity index (χ3n) is 5.46. The van der Waals surface area contributed by atoms with Crippen molar-refractivity contribution in [2.75, 3.05) is 19.5 Å². The van der Waals surface area contributed by atoms with Gasteiger partial charge in [0, 0.05) is 17.2 Å². The fourth-order valence-electron chi connectivity index (χ4n) is 3.91. The van der Waals surface area contributed by atoms with Crippen molar-refractivity contribution >= 4 is 17.3 Å². The van der Waals surface area contributed by atoms with Crippen molar-refractivity contribution in [3.05, 3.63) is 59.8 Å². The fraction of sp³-hybridized carbons (Fsp3) is 0.261. The van der Waals surface area contributed by atoms with Crippen LogP contribution in [0.4, 0.5) is 11.5 Å². The van der Waals surface area contributed by atoms with E-state index in [1.165, 1.54) is 5.56 Å². The molecule has 1 aliphatic carbocycles. The lowest BCUT2D eigenvalue weighted by molar-refractivity contribution is 0.395. The minimum absolute atomic E-state index is 0.601. The molecule has 0 atom stereocenters. The van der Waals surface area contributed by atoms with Crippen LogP contribution in [-0.2, 0) is 12.8 Å². The van der Waals surface area contributed by atoms with Gasteiger partial charge in [0.2, 0.25) is 0 Å². The summed E-state index contributed by atoms with van der Waals surface area (Å²) in [7, 11) is 3.30. The van der Waals surface area contributed by atoms with Gasteiger partial charge >= 0.3 is 0 Å². The Balaban J connectivity index is 1.67. The van der Waals surface area contributed by atoms with Gasteiger partial charge in [-0.25, -0.2) is 4.98 Å². The number of nitrogens with one attached hydrogen (secondary N) is 1. The molecule has 2 aromatic heterocycles. The van der Waals surface area contributed by atoms with Gasteiger partial charge in [0.15, 0.2) is 5.82 Å². The number of aromatic nitrogens is 4. The number of hydrogen-bond donors (Lipinski definition) is 1. The van der Waals surface area contributed by atoms with E-state index in [0.717, 1.165) is 54.2 Å². The lowest BCUT2D eigenvalue weighted by Crippen LogP contribution is -2.14. The van der Waals surface area contributed by atoms with Gasteiger partial charge in [0.25, 0.3) is 5.78 Å². The van der Waals surface area contributed by atoms with E-state index in [1.807, 2.05) is 53.0 Å². The molecule has 1 aliphatic rings. The number of fused-ring (bicyclic) bond motifs is 2. The summed E-state index contributed by atoms with van der Waals surface area (Å²) in [5, 5.41) is 8.34. The van der Waals surface area contributed by atoms with Crippen molar-refractivity contribution in [1.82, 2.24) is 19.6 Å². The third kappa shape index (κ3) is 3.22. The van der Waals surface area contributed by atoms with Crippen LogP contribution in [0.25, 0.3) is 17.2 Å². The quantitative estimate of drug-likeness (QED) is 0.533. The average Bonchev–Trinajstić information content (AvgIpc) is 3.23. The van der Waals surface area contributed by atoms with Crippen molar-refractivity contribution in [3.8, 4) is 22.9 Å². The number of nitrogens with zero attached hydrogens (tertiary/aromatic N) is 4. The number of methoxy groups -OCH3 is 2. The highest BCUT2D eigenvalue weighted by molar-refractivity contribution is 5.70. The summed E-state index contributed by atoms with van der Waals surface area (Å²) < 4.78 is 12.7. The molecule has 7 nitrogen and oxygen atoms in total. The topological polar surface area (TPSA) is 73.6 Å². The fourth-order valence-corrected chi connectivity index (χ4v) is 3.91. The summed E-state index contributed by atoms with van der Waals surface area (Å²) in [5.74, 6) is 3.60. The van der Waals surface area contributed by atoms with Crippen molar-refractivity contribution in [2.24, 2.45) is 0 Å². The zero-order valence-corrected chi connectivity index (χ0v) is 17.1. The molecule has 0 saturated heterocycles. The molecule has 7 heteroatoms. The van der Waals surface area contributed by atoms with E-state index >= 15 is 0 Å². The molecule has 1 N–H and O–H groups in total. The predicted molar refractivity (Wildman–Crippen MR) is 116 cm³/mol. The summed E-state index contributed by atoms with van der Waals surface area (Å²) in [6.45, 7) is 0. The van der Waals surface area contributed by atoms with Crippen LogP contribution in [-0.4, -0.2) is 33.8 Å². The Hall–Kier alpha value is -3.61. The third-order valence-corrected chi connectivity index (χ3v) is 5.46. The second-order valence-corrected chi connectivity index (χ2v) is 7.30. The molecule has 0 amide bonds. The van der Waals surface area contributed by atoms with Gasteiger partial charge in [-0.3, -0.25) is 0 Å². The van der Waals surface area contributed by atoms with Crippen molar-refractivity contribution in [1.29, 1.82) is 0 Å². The highest BCUT2D eigenvalue weighted by Gasteiger charge is 2.22. The van der Waals surface area contributed by atoms with Gasteiger partial charge in [-0.05, 0) is 37.8 Å². The zero-order chi connectivity index (χ0) is 20.5. The Labute approximate surface area is 174 Å². The summed E-state index contributed by atoms with van der Waals surface area (Å²) in [6.07, 6.45) is 4.18. The molecule has 2 heterocycles. The molecule has 152 valence electrons. The smallest absolute Gasteiger partial charge is 0.254 e. The molecule has 0 fully saturated rings. The number of anilines is 2. The zero-order valence-electron chi connectivity index (χ0n) is 17.1. The minimum Gasteiger partial charge on any atom is -0.497 e. The van der Waals surface area contributed by atoms with Gasteiger partial charge < -0.3 is 14.8 Å². The van der Waals surface area contributed by atoms with Gasteiger partial charge in [-0.2, -0.15) is 9.50 Å². The van der Waals surface area contributed by atoms with Crippen LogP contribution in [0.15, 0.2) is 48.5 Å². The SMILES string of the molecule is COc1ccc(Nc2c3c(nc4nc(-c5ccccc5)nn24)CCCC3)c(OC)c1. The number of benzene rings is 2. The number of hydrogen-bond acceptors (Lipinski definition) is 6. The summed E-state index contributed by atoms with van der Waals surface area (Å²) in [6, 6.07) is 15.7. The van der Waals surface area contributed by atoms with E-state index < -0.39 is 0 Å². The molecular weight excluding hydrogens is 378 g/mol. The molecule has 30 heavy (non-hydrogen) atoms. The molecular formula is C23H23N5O2. The Kier molecular flexibility index (Phi) is 4.71.